The number of likely N-dealkylation sites (N-methyl/N-ethyl adjacent to an activating group) is 1. The van der Waals surface area contributed by atoms with Gasteiger partial charge in [-0.05, 0) is 49.8 Å². The summed E-state index contributed by atoms with van der Waals surface area (Å²) in [5, 5.41) is 22.5. The Kier molecular flexibility index (Phi) is 7.68. The van der Waals surface area contributed by atoms with Crippen LogP contribution in [0.15, 0.2) is 54.1 Å². The molecule has 1 saturated heterocycles. The van der Waals surface area contributed by atoms with Crippen LogP contribution in [-0.4, -0.2) is 65.3 Å². The fourth-order valence-corrected chi connectivity index (χ4v) is 3.70. The van der Waals surface area contributed by atoms with Gasteiger partial charge in [0.2, 0.25) is 0 Å². The molecule has 1 N–H and O–H groups in total. The van der Waals surface area contributed by atoms with Gasteiger partial charge in [0.1, 0.15) is 11.5 Å². The fraction of sp³-hybridized carbons (Fsp3) is 0.360. The molecular formula is C25H29N3O6. The van der Waals surface area contributed by atoms with Crippen LogP contribution in [0.1, 0.15) is 31.0 Å². The summed E-state index contributed by atoms with van der Waals surface area (Å²) in [6.07, 6.45) is 0. The Hall–Kier alpha value is -3.72. The molecule has 1 fully saturated rings. The number of carbonyl (C=O) groups is 2. The zero-order valence-corrected chi connectivity index (χ0v) is 19.7. The van der Waals surface area contributed by atoms with Gasteiger partial charge in [0, 0.05) is 30.8 Å². The van der Waals surface area contributed by atoms with E-state index in [9.17, 15) is 24.8 Å². The van der Waals surface area contributed by atoms with Gasteiger partial charge in [-0.3, -0.25) is 19.7 Å². The number of ketones is 1. The van der Waals surface area contributed by atoms with Crippen LogP contribution < -0.4 is 4.74 Å². The molecule has 1 unspecified atom stereocenters. The van der Waals surface area contributed by atoms with E-state index in [2.05, 4.69) is 0 Å². The number of aliphatic hydroxyl groups is 1. The first kappa shape index (κ1) is 24.9. The van der Waals surface area contributed by atoms with Crippen LogP contribution in [0.5, 0.6) is 5.75 Å². The van der Waals surface area contributed by atoms with E-state index in [1.807, 2.05) is 32.8 Å². The predicted octanol–water partition coefficient (Wildman–Crippen LogP) is 3.61. The van der Waals surface area contributed by atoms with Crippen LogP contribution in [0.3, 0.4) is 0 Å². The minimum Gasteiger partial charge on any atom is -0.507 e. The molecule has 1 amide bonds. The average Bonchev–Trinajstić information content (AvgIpc) is 3.06. The Bertz CT molecular complexity index is 1110. The molecule has 1 aliphatic heterocycles. The van der Waals surface area contributed by atoms with Gasteiger partial charge in [0.25, 0.3) is 17.4 Å². The third-order valence-electron chi connectivity index (χ3n) is 5.44. The summed E-state index contributed by atoms with van der Waals surface area (Å²) in [7, 11) is 3.67. The van der Waals surface area contributed by atoms with Gasteiger partial charge in [-0.15, -0.1) is 0 Å². The first-order valence-electron chi connectivity index (χ1n) is 11.0. The second-order valence-corrected chi connectivity index (χ2v) is 8.88. The van der Waals surface area contributed by atoms with Gasteiger partial charge in [0.05, 0.1) is 23.1 Å². The van der Waals surface area contributed by atoms with Crippen molar-refractivity contribution in [3.05, 3.63) is 75.3 Å². The van der Waals surface area contributed by atoms with Crippen LogP contribution in [0.2, 0.25) is 0 Å². The predicted molar refractivity (Wildman–Crippen MR) is 127 cm³/mol. The summed E-state index contributed by atoms with van der Waals surface area (Å²) in [5.41, 5.74) is 0.464. The Morgan fingerprint density at radius 1 is 1.18 bits per heavy atom. The van der Waals surface area contributed by atoms with Gasteiger partial charge in [-0.2, -0.15) is 0 Å². The number of nitro benzene ring substituents is 1. The van der Waals surface area contributed by atoms with E-state index in [-0.39, 0.29) is 23.6 Å². The molecule has 0 aliphatic carbocycles. The second-order valence-electron chi connectivity index (χ2n) is 8.88. The lowest BCUT2D eigenvalue weighted by molar-refractivity contribution is -0.384. The maximum Gasteiger partial charge on any atom is 0.295 e. The largest absolute Gasteiger partial charge is 0.507 e. The van der Waals surface area contributed by atoms with Gasteiger partial charge in [-0.1, -0.05) is 26.0 Å². The highest BCUT2D eigenvalue weighted by Crippen LogP contribution is 2.40. The number of benzene rings is 2. The summed E-state index contributed by atoms with van der Waals surface area (Å²) < 4.78 is 5.67. The number of ether oxygens (including phenoxy) is 1. The van der Waals surface area contributed by atoms with Gasteiger partial charge < -0.3 is 19.6 Å². The molecule has 9 heteroatoms. The number of Topliss-reactive ketones (excluding diaryl/α,β-unsaturated/α-hetero) is 1. The van der Waals surface area contributed by atoms with Crippen LogP contribution in [0.25, 0.3) is 5.76 Å². The van der Waals surface area contributed by atoms with Crippen molar-refractivity contribution in [3.8, 4) is 5.75 Å². The van der Waals surface area contributed by atoms with Crippen molar-refractivity contribution < 1.29 is 24.4 Å². The third kappa shape index (κ3) is 5.43. The summed E-state index contributed by atoms with van der Waals surface area (Å²) in [4.78, 5) is 40.0. The fourth-order valence-electron chi connectivity index (χ4n) is 3.70. The number of carbonyl (C=O) groups excluding carboxylic acids is 2. The van der Waals surface area contributed by atoms with Gasteiger partial charge in [0.15, 0.2) is 0 Å². The zero-order valence-electron chi connectivity index (χ0n) is 19.7. The van der Waals surface area contributed by atoms with E-state index in [1.165, 1.54) is 23.1 Å². The standard InChI is InChI=1S/C25H29N3O6/c1-16(2)15-34-20-10-8-17(9-11-20)23(29)21-22(18-6-5-7-19(14-18)28(32)33)27(13-12-26(3)4)25(31)24(21)30/h5-11,14,16,22,29H,12-13,15H2,1-4H3. The summed E-state index contributed by atoms with van der Waals surface area (Å²) in [5.74, 6) is -0.949. The molecule has 0 bridgehead atoms. The highest BCUT2D eigenvalue weighted by atomic mass is 16.6. The normalized spacial score (nSPS) is 17.6. The average molecular weight is 468 g/mol. The molecule has 3 rings (SSSR count). The number of non-ortho nitro benzene ring substituents is 1. The molecule has 1 heterocycles. The van der Waals surface area contributed by atoms with E-state index in [4.69, 9.17) is 4.74 Å². The van der Waals surface area contributed by atoms with E-state index >= 15 is 0 Å². The zero-order chi connectivity index (χ0) is 25.0. The second kappa shape index (κ2) is 10.5. The van der Waals surface area contributed by atoms with E-state index in [0.717, 1.165) is 0 Å². The maximum absolute atomic E-state index is 13.0. The van der Waals surface area contributed by atoms with Crippen LogP contribution in [-0.2, 0) is 9.59 Å². The van der Waals surface area contributed by atoms with Crippen molar-refractivity contribution in [1.29, 1.82) is 0 Å². The van der Waals surface area contributed by atoms with Crippen molar-refractivity contribution in [2.45, 2.75) is 19.9 Å². The highest BCUT2D eigenvalue weighted by Gasteiger charge is 2.46. The van der Waals surface area contributed by atoms with Gasteiger partial charge in [-0.25, -0.2) is 0 Å². The molecule has 2 aromatic rings. The van der Waals surface area contributed by atoms with Crippen molar-refractivity contribution in [3.63, 3.8) is 0 Å². The minimum atomic E-state index is -0.947. The Morgan fingerprint density at radius 2 is 1.85 bits per heavy atom. The molecule has 1 aliphatic rings. The molecule has 0 saturated carbocycles. The Morgan fingerprint density at radius 3 is 2.44 bits per heavy atom. The molecule has 0 spiro atoms. The third-order valence-corrected chi connectivity index (χ3v) is 5.44. The number of nitro groups is 1. The maximum atomic E-state index is 13.0. The van der Waals surface area contributed by atoms with E-state index in [1.54, 1.807) is 30.3 Å². The SMILES string of the molecule is CC(C)COc1ccc(C(O)=C2C(=O)C(=O)N(CCN(C)C)C2c2cccc([N+](=O)[O-])c2)cc1. The molecule has 180 valence electrons. The van der Waals surface area contributed by atoms with Crippen LogP contribution >= 0.6 is 0 Å². The quantitative estimate of drug-likeness (QED) is 0.197. The lowest BCUT2D eigenvalue weighted by atomic mass is 9.95. The number of aliphatic hydroxyl groups excluding tert-OH is 1. The van der Waals surface area contributed by atoms with Crippen LogP contribution in [0, 0.1) is 16.0 Å². The number of hydrogen-bond donors (Lipinski definition) is 1. The lowest BCUT2D eigenvalue weighted by Gasteiger charge is -2.26. The van der Waals surface area contributed by atoms with Crippen LogP contribution in [0.4, 0.5) is 5.69 Å². The number of nitrogens with zero attached hydrogens (tertiary/aromatic N) is 3. The smallest absolute Gasteiger partial charge is 0.295 e. The van der Waals surface area contributed by atoms with E-state index in [0.29, 0.717) is 35.9 Å². The molecule has 0 radical (unpaired) electrons. The molecule has 2 aromatic carbocycles. The molecular weight excluding hydrogens is 438 g/mol. The topological polar surface area (TPSA) is 113 Å². The van der Waals surface area contributed by atoms with E-state index < -0.39 is 22.7 Å². The van der Waals surface area contributed by atoms with Crippen molar-refractivity contribution >= 4 is 23.1 Å². The minimum absolute atomic E-state index is 0.0971. The number of amides is 1. The molecule has 1 atom stereocenters. The van der Waals surface area contributed by atoms with Crippen molar-refractivity contribution in [1.82, 2.24) is 9.80 Å². The number of likely N-dealkylation sites (tertiary alicyclic amines) is 1. The van der Waals surface area contributed by atoms with Gasteiger partial charge >= 0.3 is 0 Å². The molecule has 0 aromatic heterocycles. The van der Waals surface area contributed by atoms with Crippen molar-refractivity contribution in [2.75, 3.05) is 33.8 Å². The van der Waals surface area contributed by atoms with Crippen molar-refractivity contribution in [2.24, 2.45) is 5.92 Å². The summed E-state index contributed by atoms with van der Waals surface area (Å²) in [6, 6.07) is 11.4. The Labute approximate surface area is 198 Å². The summed E-state index contributed by atoms with van der Waals surface area (Å²) >= 11 is 0. The highest BCUT2D eigenvalue weighted by molar-refractivity contribution is 6.46. The first-order valence-corrected chi connectivity index (χ1v) is 11.0. The lowest BCUT2D eigenvalue weighted by Crippen LogP contribution is -2.35. The first-order chi connectivity index (χ1) is 16.1. The molecule has 9 nitrogen and oxygen atoms in total. The number of rotatable bonds is 9. The summed E-state index contributed by atoms with van der Waals surface area (Å²) in [6.45, 7) is 5.28. The number of hydrogen-bond acceptors (Lipinski definition) is 7. The monoisotopic (exact) mass is 467 g/mol. The Balaban J connectivity index is 2.07. The molecule has 34 heavy (non-hydrogen) atoms.